The predicted molar refractivity (Wildman–Crippen MR) is 55.8 cm³/mol. The Morgan fingerprint density at radius 1 is 1.13 bits per heavy atom. The van der Waals surface area contributed by atoms with Crippen LogP contribution >= 0.6 is 12.6 Å². The van der Waals surface area contributed by atoms with Crippen molar-refractivity contribution >= 4 is 30.4 Å². The summed E-state index contributed by atoms with van der Waals surface area (Å²) < 4.78 is 0. The maximum Gasteiger partial charge on any atom is 0.268 e. The first-order valence-electron chi connectivity index (χ1n) is 4.28. The lowest BCUT2D eigenvalue weighted by atomic mass is 10.1. The van der Waals surface area contributed by atoms with Crippen LogP contribution in [0.4, 0.5) is 0 Å². The van der Waals surface area contributed by atoms with E-state index in [2.05, 4.69) is 12.6 Å². The summed E-state index contributed by atoms with van der Waals surface area (Å²) in [6, 6.07) is 6.36. The minimum Gasteiger partial charge on any atom is -0.273 e. The van der Waals surface area contributed by atoms with E-state index >= 15 is 0 Å². The molecule has 0 N–H and O–H groups in total. The number of carbonyl (C=O) groups is 3. The van der Waals surface area contributed by atoms with E-state index in [1.807, 2.05) is 0 Å². The molecule has 2 rings (SSSR count). The zero-order valence-corrected chi connectivity index (χ0v) is 8.53. The van der Waals surface area contributed by atoms with E-state index in [1.54, 1.807) is 12.1 Å². The Morgan fingerprint density at radius 3 is 2.00 bits per heavy atom. The number of hydrogen-bond donors (Lipinski definition) is 1. The Kier molecular flexibility index (Phi) is 2.32. The highest BCUT2D eigenvalue weighted by atomic mass is 32.1. The minimum absolute atomic E-state index is 0.161. The van der Waals surface area contributed by atoms with Crippen LogP contribution in [0.3, 0.4) is 0 Å². The summed E-state index contributed by atoms with van der Waals surface area (Å²) in [5.41, 5.74) is 0.551. The molecule has 76 valence electrons. The molecule has 1 aliphatic heterocycles. The number of nitrogens with zero attached hydrogens (tertiary/aromatic N) is 1. The first-order valence-corrected chi connectivity index (χ1v) is 4.91. The highest BCUT2D eigenvalue weighted by Gasteiger charge is 2.38. The first kappa shape index (κ1) is 9.92. The number of imide groups is 3. The van der Waals surface area contributed by atoms with Gasteiger partial charge in [-0.1, -0.05) is 12.1 Å². The van der Waals surface area contributed by atoms with Gasteiger partial charge in [-0.05, 0) is 12.1 Å². The van der Waals surface area contributed by atoms with Crippen molar-refractivity contribution < 1.29 is 14.4 Å². The largest absolute Gasteiger partial charge is 0.273 e. The van der Waals surface area contributed by atoms with Crippen molar-refractivity contribution in [2.45, 2.75) is 0 Å². The second-order valence-electron chi connectivity index (χ2n) is 3.04. The molecule has 1 heterocycles. The molecule has 0 saturated carbocycles. The zero-order valence-electron chi connectivity index (χ0n) is 7.64. The summed E-state index contributed by atoms with van der Waals surface area (Å²) >= 11 is 3.75. The lowest BCUT2D eigenvalue weighted by Crippen LogP contribution is -2.36. The third-order valence-electron chi connectivity index (χ3n) is 2.18. The van der Waals surface area contributed by atoms with Gasteiger partial charge in [0.15, 0.2) is 0 Å². The van der Waals surface area contributed by atoms with Crippen LogP contribution in [0, 0.1) is 0 Å². The highest BCUT2D eigenvalue weighted by Crippen LogP contribution is 2.22. The highest BCUT2D eigenvalue weighted by molar-refractivity contribution is 7.81. The fourth-order valence-electron chi connectivity index (χ4n) is 1.49. The van der Waals surface area contributed by atoms with E-state index in [1.165, 1.54) is 12.1 Å². The van der Waals surface area contributed by atoms with Crippen molar-refractivity contribution in [3.8, 4) is 0 Å². The molecular formula is C10H7NO3S. The van der Waals surface area contributed by atoms with Crippen molar-refractivity contribution in [1.29, 1.82) is 0 Å². The van der Waals surface area contributed by atoms with E-state index < -0.39 is 17.7 Å². The average molecular weight is 221 g/mol. The Labute approximate surface area is 91.3 Å². The van der Waals surface area contributed by atoms with Gasteiger partial charge in [-0.25, -0.2) is 4.90 Å². The average Bonchev–Trinajstić information content (AvgIpc) is 2.52. The predicted octanol–water partition coefficient (Wildman–Crippen LogP) is 0.739. The molecule has 0 aliphatic carbocycles. The molecule has 1 aromatic rings. The number of benzene rings is 1. The number of thiol groups is 1. The lowest BCUT2D eigenvalue weighted by molar-refractivity contribution is -0.123. The zero-order chi connectivity index (χ0) is 11.0. The molecule has 0 aromatic heterocycles. The number of hydrogen-bond acceptors (Lipinski definition) is 4. The number of amides is 3. The summed E-state index contributed by atoms with van der Waals surface area (Å²) in [7, 11) is 0. The molecule has 5 heteroatoms. The molecule has 0 fully saturated rings. The third kappa shape index (κ3) is 1.35. The van der Waals surface area contributed by atoms with Gasteiger partial charge in [0, 0.05) is 0 Å². The van der Waals surface area contributed by atoms with Gasteiger partial charge in [-0.15, -0.1) is 0 Å². The van der Waals surface area contributed by atoms with E-state index in [4.69, 9.17) is 0 Å². The van der Waals surface area contributed by atoms with Gasteiger partial charge in [0.05, 0.1) is 16.9 Å². The van der Waals surface area contributed by atoms with Crippen LogP contribution in [-0.2, 0) is 4.79 Å². The Bertz CT molecular complexity index is 434. The van der Waals surface area contributed by atoms with Crippen LogP contribution < -0.4 is 0 Å². The van der Waals surface area contributed by atoms with Crippen LogP contribution in [0.25, 0.3) is 0 Å². The van der Waals surface area contributed by atoms with Gasteiger partial charge >= 0.3 is 0 Å². The molecule has 4 nitrogen and oxygen atoms in total. The molecule has 0 radical (unpaired) electrons. The van der Waals surface area contributed by atoms with Crippen molar-refractivity contribution in [2.75, 3.05) is 5.75 Å². The van der Waals surface area contributed by atoms with E-state index in [9.17, 15) is 14.4 Å². The molecule has 3 amide bonds. The molecule has 0 atom stereocenters. The summed E-state index contributed by atoms with van der Waals surface area (Å²) in [5, 5.41) is 0. The number of carbonyl (C=O) groups excluding carboxylic acids is 3. The topological polar surface area (TPSA) is 54.5 Å². The maximum atomic E-state index is 11.7. The molecule has 0 spiro atoms. The fraction of sp³-hybridized carbons (Fsp3) is 0.100. The maximum absolute atomic E-state index is 11.7. The summed E-state index contributed by atoms with van der Waals surface area (Å²) in [5.74, 6) is -1.88. The molecular weight excluding hydrogens is 214 g/mol. The normalized spacial score (nSPS) is 14.3. The van der Waals surface area contributed by atoms with Crippen molar-refractivity contribution in [3.05, 3.63) is 35.4 Å². The fourth-order valence-corrected chi connectivity index (χ4v) is 1.63. The van der Waals surface area contributed by atoms with Gasteiger partial charge < -0.3 is 0 Å². The van der Waals surface area contributed by atoms with Gasteiger partial charge in [0.25, 0.3) is 11.8 Å². The van der Waals surface area contributed by atoms with Crippen molar-refractivity contribution in [2.24, 2.45) is 0 Å². The Balaban J connectivity index is 2.50. The second-order valence-corrected chi connectivity index (χ2v) is 3.36. The quantitative estimate of drug-likeness (QED) is 0.562. The number of fused-ring (bicyclic) bond motifs is 1. The van der Waals surface area contributed by atoms with E-state index in [0.29, 0.717) is 4.90 Å². The van der Waals surface area contributed by atoms with E-state index in [0.717, 1.165) is 0 Å². The minimum atomic E-state index is -0.593. The van der Waals surface area contributed by atoms with Gasteiger partial charge in [-0.2, -0.15) is 12.6 Å². The lowest BCUT2D eigenvalue weighted by Gasteiger charge is -2.08. The van der Waals surface area contributed by atoms with Gasteiger partial charge in [-0.3, -0.25) is 14.4 Å². The molecule has 15 heavy (non-hydrogen) atoms. The molecule has 1 aromatic carbocycles. The van der Waals surface area contributed by atoms with Gasteiger partial charge in [0.1, 0.15) is 0 Å². The van der Waals surface area contributed by atoms with Crippen LogP contribution in [0.5, 0.6) is 0 Å². The standard InChI is InChI=1S/C10H7NO3S/c12-8(5-15)11-9(13)6-3-1-2-4-7(6)10(11)14/h1-4,15H,5H2. The summed E-state index contributed by atoms with van der Waals surface area (Å²) in [6.07, 6.45) is 0. The monoisotopic (exact) mass is 221 g/mol. The van der Waals surface area contributed by atoms with Crippen LogP contribution in [0.2, 0.25) is 0 Å². The van der Waals surface area contributed by atoms with Gasteiger partial charge in [0.2, 0.25) is 5.91 Å². The van der Waals surface area contributed by atoms with Crippen molar-refractivity contribution in [1.82, 2.24) is 4.90 Å². The first-order chi connectivity index (χ1) is 7.16. The molecule has 1 aliphatic rings. The summed E-state index contributed by atoms with van der Waals surface area (Å²) in [6.45, 7) is 0. The summed E-state index contributed by atoms with van der Waals surface area (Å²) in [4.78, 5) is 35.3. The molecule has 0 unspecified atom stereocenters. The van der Waals surface area contributed by atoms with Crippen LogP contribution in [0.1, 0.15) is 20.7 Å². The smallest absolute Gasteiger partial charge is 0.268 e. The molecule has 0 bridgehead atoms. The molecule has 0 saturated heterocycles. The Morgan fingerprint density at radius 2 is 1.60 bits per heavy atom. The van der Waals surface area contributed by atoms with Crippen LogP contribution in [-0.4, -0.2) is 28.4 Å². The SMILES string of the molecule is O=C(CS)N1C(=O)c2ccccc2C1=O. The second kappa shape index (κ2) is 3.51. The third-order valence-corrected chi connectivity index (χ3v) is 2.45. The number of rotatable bonds is 1. The van der Waals surface area contributed by atoms with E-state index in [-0.39, 0.29) is 16.9 Å². The Hall–Kier alpha value is -1.62. The van der Waals surface area contributed by atoms with Crippen molar-refractivity contribution in [3.63, 3.8) is 0 Å². The van der Waals surface area contributed by atoms with Crippen LogP contribution in [0.15, 0.2) is 24.3 Å².